The van der Waals surface area contributed by atoms with Crippen LogP contribution in [0.25, 0.3) is 0 Å². The van der Waals surface area contributed by atoms with E-state index < -0.39 is 0 Å². The normalized spacial score (nSPS) is 45.6. The van der Waals surface area contributed by atoms with Crippen molar-refractivity contribution >= 4 is 0 Å². The van der Waals surface area contributed by atoms with Gasteiger partial charge in [0.1, 0.15) is 0 Å². The van der Waals surface area contributed by atoms with Crippen LogP contribution in [0, 0.1) is 11.3 Å². The average molecular weight is 224 g/mol. The van der Waals surface area contributed by atoms with Crippen LogP contribution in [0.1, 0.15) is 64.7 Å². The molecule has 2 rings (SSSR count). The van der Waals surface area contributed by atoms with Gasteiger partial charge in [-0.15, -0.1) is 0 Å². The SMILES string of the molecule is CC1(CC2CCC(N)CC2)CCC(N)CC1. The molecule has 0 spiro atoms. The standard InChI is InChI=1S/C14H28N2/c1-14(8-6-13(16)7-9-14)10-11-2-4-12(15)5-3-11/h11-13H,2-10,15-16H2,1H3. The Kier molecular flexibility index (Phi) is 3.91. The predicted octanol–water partition coefficient (Wildman–Crippen LogP) is 2.80. The number of rotatable bonds is 2. The summed E-state index contributed by atoms with van der Waals surface area (Å²) in [5.74, 6) is 0.944. The van der Waals surface area contributed by atoms with Crippen molar-refractivity contribution in [1.82, 2.24) is 0 Å². The van der Waals surface area contributed by atoms with Crippen LogP contribution < -0.4 is 11.5 Å². The molecule has 0 radical (unpaired) electrons. The molecule has 0 saturated heterocycles. The van der Waals surface area contributed by atoms with E-state index in [9.17, 15) is 0 Å². The molecule has 0 aliphatic heterocycles. The van der Waals surface area contributed by atoms with Crippen molar-refractivity contribution in [2.75, 3.05) is 0 Å². The Balaban J connectivity index is 1.80. The third kappa shape index (κ3) is 3.21. The molecular formula is C14H28N2. The zero-order valence-electron chi connectivity index (χ0n) is 10.8. The van der Waals surface area contributed by atoms with Gasteiger partial charge in [-0.2, -0.15) is 0 Å². The van der Waals surface area contributed by atoms with Crippen LogP contribution in [-0.2, 0) is 0 Å². The highest BCUT2D eigenvalue weighted by Gasteiger charge is 2.33. The van der Waals surface area contributed by atoms with E-state index in [1.807, 2.05) is 0 Å². The van der Waals surface area contributed by atoms with Gasteiger partial charge in [0.05, 0.1) is 0 Å². The molecule has 0 unspecified atom stereocenters. The minimum Gasteiger partial charge on any atom is -0.328 e. The van der Waals surface area contributed by atoms with Crippen molar-refractivity contribution in [1.29, 1.82) is 0 Å². The van der Waals surface area contributed by atoms with Gasteiger partial charge in [0.15, 0.2) is 0 Å². The van der Waals surface area contributed by atoms with Crippen molar-refractivity contribution < 1.29 is 0 Å². The molecule has 0 aromatic rings. The fourth-order valence-corrected chi connectivity index (χ4v) is 3.63. The Bertz CT molecular complexity index is 211. The molecule has 2 fully saturated rings. The van der Waals surface area contributed by atoms with Crippen molar-refractivity contribution in [2.24, 2.45) is 22.8 Å². The summed E-state index contributed by atoms with van der Waals surface area (Å²) in [6, 6.07) is 0.969. The molecular weight excluding hydrogens is 196 g/mol. The van der Waals surface area contributed by atoms with E-state index in [0.717, 1.165) is 5.92 Å². The van der Waals surface area contributed by atoms with E-state index >= 15 is 0 Å². The van der Waals surface area contributed by atoms with Crippen molar-refractivity contribution in [3.8, 4) is 0 Å². The van der Waals surface area contributed by atoms with Crippen LogP contribution in [0.3, 0.4) is 0 Å². The quantitative estimate of drug-likeness (QED) is 0.758. The third-order valence-electron chi connectivity index (χ3n) is 4.91. The maximum absolute atomic E-state index is 5.99. The molecule has 16 heavy (non-hydrogen) atoms. The van der Waals surface area contributed by atoms with E-state index in [4.69, 9.17) is 11.5 Å². The summed E-state index contributed by atoms with van der Waals surface area (Å²) in [6.07, 6.45) is 11.8. The van der Waals surface area contributed by atoms with Gasteiger partial charge in [0.25, 0.3) is 0 Å². The monoisotopic (exact) mass is 224 g/mol. The third-order valence-corrected chi connectivity index (χ3v) is 4.91. The second kappa shape index (κ2) is 5.05. The fraction of sp³-hybridized carbons (Fsp3) is 1.00. The lowest BCUT2D eigenvalue weighted by atomic mass is 9.67. The van der Waals surface area contributed by atoms with Gasteiger partial charge in [-0.25, -0.2) is 0 Å². The van der Waals surface area contributed by atoms with Gasteiger partial charge < -0.3 is 11.5 Å². The maximum atomic E-state index is 5.99. The molecule has 0 heterocycles. The Morgan fingerprint density at radius 2 is 1.38 bits per heavy atom. The van der Waals surface area contributed by atoms with Gasteiger partial charge in [-0.1, -0.05) is 6.92 Å². The molecule has 4 N–H and O–H groups in total. The van der Waals surface area contributed by atoms with Crippen LogP contribution in [-0.4, -0.2) is 12.1 Å². The highest BCUT2D eigenvalue weighted by atomic mass is 14.6. The summed E-state index contributed by atoms with van der Waals surface area (Å²) in [6.45, 7) is 2.48. The van der Waals surface area contributed by atoms with Crippen LogP contribution >= 0.6 is 0 Å². The molecule has 94 valence electrons. The largest absolute Gasteiger partial charge is 0.328 e. The first-order valence-electron chi connectivity index (χ1n) is 7.09. The molecule has 2 aliphatic rings. The van der Waals surface area contributed by atoms with Crippen LogP contribution in [0.2, 0.25) is 0 Å². The lowest BCUT2D eigenvalue weighted by Crippen LogP contribution is -2.35. The van der Waals surface area contributed by atoms with E-state index in [-0.39, 0.29) is 0 Å². The minimum absolute atomic E-state index is 0.479. The van der Waals surface area contributed by atoms with Gasteiger partial charge in [-0.3, -0.25) is 0 Å². The van der Waals surface area contributed by atoms with Gasteiger partial charge in [0, 0.05) is 12.1 Å². The summed E-state index contributed by atoms with van der Waals surface area (Å²) in [4.78, 5) is 0. The summed E-state index contributed by atoms with van der Waals surface area (Å²) < 4.78 is 0. The van der Waals surface area contributed by atoms with Gasteiger partial charge in [-0.05, 0) is 69.1 Å². The number of hydrogen-bond donors (Lipinski definition) is 2. The molecule has 2 saturated carbocycles. The first-order valence-corrected chi connectivity index (χ1v) is 7.09. The average Bonchev–Trinajstić information content (AvgIpc) is 2.27. The highest BCUT2D eigenvalue weighted by Crippen LogP contribution is 2.43. The fourth-order valence-electron chi connectivity index (χ4n) is 3.63. The van der Waals surface area contributed by atoms with Gasteiger partial charge >= 0.3 is 0 Å². The summed E-state index contributed by atoms with van der Waals surface area (Å²) >= 11 is 0. The second-order valence-electron chi connectivity index (χ2n) is 6.63. The molecule has 2 heteroatoms. The van der Waals surface area contributed by atoms with Gasteiger partial charge in [0.2, 0.25) is 0 Å². The van der Waals surface area contributed by atoms with E-state index in [0.29, 0.717) is 17.5 Å². The Morgan fingerprint density at radius 3 is 1.94 bits per heavy atom. The summed E-state index contributed by atoms with van der Waals surface area (Å²) in [5, 5.41) is 0. The Labute approximate surface area is 100 Å². The molecule has 2 aliphatic carbocycles. The number of nitrogens with two attached hydrogens (primary N) is 2. The van der Waals surface area contributed by atoms with E-state index in [2.05, 4.69) is 6.92 Å². The zero-order valence-corrected chi connectivity index (χ0v) is 10.8. The molecule has 0 atom stereocenters. The van der Waals surface area contributed by atoms with E-state index in [1.54, 1.807) is 0 Å². The molecule has 2 nitrogen and oxygen atoms in total. The Hall–Kier alpha value is -0.0800. The molecule has 0 bridgehead atoms. The topological polar surface area (TPSA) is 52.0 Å². The lowest BCUT2D eigenvalue weighted by Gasteiger charge is -2.40. The zero-order chi connectivity index (χ0) is 11.6. The van der Waals surface area contributed by atoms with Crippen LogP contribution in [0.15, 0.2) is 0 Å². The molecule has 0 aromatic carbocycles. The van der Waals surface area contributed by atoms with Crippen LogP contribution in [0.5, 0.6) is 0 Å². The maximum Gasteiger partial charge on any atom is 0.00392 e. The first kappa shape index (κ1) is 12.4. The minimum atomic E-state index is 0.479. The Morgan fingerprint density at radius 1 is 0.875 bits per heavy atom. The highest BCUT2D eigenvalue weighted by molar-refractivity contribution is 4.87. The first-order chi connectivity index (χ1) is 7.57. The molecule has 0 aromatic heterocycles. The van der Waals surface area contributed by atoms with Crippen molar-refractivity contribution in [2.45, 2.75) is 76.8 Å². The van der Waals surface area contributed by atoms with Crippen LogP contribution in [0.4, 0.5) is 0 Å². The summed E-state index contributed by atoms with van der Waals surface area (Å²) in [5.41, 5.74) is 12.5. The van der Waals surface area contributed by atoms with E-state index in [1.165, 1.54) is 57.8 Å². The predicted molar refractivity (Wildman–Crippen MR) is 69.1 cm³/mol. The van der Waals surface area contributed by atoms with Crippen molar-refractivity contribution in [3.05, 3.63) is 0 Å². The smallest absolute Gasteiger partial charge is 0.00392 e. The second-order valence-corrected chi connectivity index (χ2v) is 6.63. The lowest BCUT2D eigenvalue weighted by molar-refractivity contribution is 0.134. The number of hydrogen-bond acceptors (Lipinski definition) is 2. The molecule has 0 amide bonds. The summed E-state index contributed by atoms with van der Waals surface area (Å²) in [7, 11) is 0. The van der Waals surface area contributed by atoms with Crippen molar-refractivity contribution in [3.63, 3.8) is 0 Å².